The Bertz CT molecular complexity index is 373. The van der Waals surface area contributed by atoms with Crippen molar-refractivity contribution in [3.05, 3.63) is 0 Å². The molecule has 4 heterocycles. The average Bonchev–Trinajstić information content (AvgIpc) is 2.62. The number of ether oxygens (including phenoxy) is 4. The molecule has 0 aliphatic carbocycles. The maximum Gasteiger partial charge on any atom is 0.158 e. The summed E-state index contributed by atoms with van der Waals surface area (Å²) in [5, 5.41) is 3.17. The minimum absolute atomic E-state index is 0. The summed E-state index contributed by atoms with van der Waals surface area (Å²) in [5.41, 5.74) is 0. The fourth-order valence-electron chi connectivity index (χ4n) is 3.50. The molecule has 4 aliphatic heterocycles. The summed E-state index contributed by atoms with van der Waals surface area (Å²) in [7, 11) is 0. The van der Waals surface area contributed by atoms with Crippen LogP contribution in [0.4, 0.5) is 0 Å². The SMILES string of the molecule is C1CCC(OC2CNC2)OC1.Cl.ClCCCN1CC(OC2CCCCO2)C1. The Morgan fingerprint density at radius 2 is 1.48 bits per heavy atom. The van der Waals surface area contributed by atoms with E-state index in [-0.39, 0.29) is 25.0 Å². The summed E-state index contributed by atoms with van der Waals surface area (Å²) >= 11 is 5.64. The fourth-order valence-corrected chi connectivity index (χ4v) is 3.62. The molecule has 0 saturated carbocycles. The Hall–Kier alpha value is 0.340. The summed E-state index contributed by atoms with van der Waals surface area (Å²) in [6, 6.07) is 0. The first-order valence-corrected chi connectivity index (χ1v) is 10.9. The molecular weight excluding hydrogens is 391 g/mol. The molecule has 160 valence electrons. The Labute approximate surface area is 175 Å². The van der Waals surface area contributed by atoms with E-state index in [0.29, 0.717) is 12.2 Å². The Morgan fingerprint density at radius 1 is 0.889 bits per heavy atom. The molecule has 0 aromatic rings. The smallest absolute Gasteiger partial charge is 0.158 e. The highest BCUT2D eigenvalue weighted by Gasteiger charge is 2.30. The number of nitrogens with zero attached hydrogens (tertiary/aromatic N) is 1. The van der Waals surface area contributed by atoms with Crippen LogP contribution < -0.4 is 5.32 Å². The van der Waals surface area contributed by atoms with E-state index >= 15 is 0 Å². The van der Waals surface area contributed by atoms with Crippen LogP contribution in [0.3, 0.4) is 0 Å². The summed E-state index contributed by atoms with van der Waals surface area (Å²) in [6.07, 6.45) is 9.08. The third kappa shape index (κ3) is 8.70. The molecule has 8 heteroatoms. The molecule has 4 saturated heterocycles. The maximum atomic E-state index is 5.84. The van der Waals surface area contributed by atoms with E-state index in [1.807, 2.05) is 0 Å². The molecule has 0 amide bonds. The second-order valence-corrected chi connectivity index (χ2v) is 7.95. The lowest BCUT2D eigenvalue weighted by Gasteiger charge is -2.41. The van der Waals surface area contributed by atoms with E-state index in [2.05, 4.69) is 10.2 Å². The van der Waals surface area contributed by atoms with Crippen molar-refractivity contribution in [1.29, 1.82) is 0 Å². The van der Waals surface area contributed by atoms with E-state index in [4.69, 9.17) is 30.5 Å². The fraction of sp³-hybridized carbons (Fsp3) is 1.00. The van der Waals surface area contributed by atoms with Crippen LogP contribution in [0.2, 0.25) is 0 Å². The Kier molecular flexibility index (Phi) is 11.8. The van der Waals surface area contributed by atoms with Gasteiger partial charge >= 0.3 is 0 Å². The topological polar surface area (TPSA) is 52.2 Å². The molecule has 0 spiro atoms. The van der Waals surface area contributed by atoms with Gasteiger partial charge in [-0.15, -0.1) is 24.0 Å². The van der Waals surface area contributed by atoms with Crippen LogP contribution in [0.5, 0.6) is 0 Å². The molecule has 1 N–H and O–H groups in total. The van der Waals surface area contributed by atoms with Crippen LogP contribution in [-0.4, -0.2) is 81.5 Å². The normalized spacial score (nSPS) is 29.7. The number of halogens is 2. The van der Waals surface area contributed by atoms with E-state index < -0.39 is 0 Å². The van der Waals surface area contributed by atoms with Crippen LogP contribution >= 0.6 is 24.0 Å². The maximum absolute atomic E-state index is 5.84. The van der Waals surface area contributed by atoms with Crippen LogP contribution in [0, 0.1) is 0 Å². The third-order valence-corrected chi connectivity index (χ3v) is 5.51. The monoisotopic (exact) mass is 426 g/mol. The van der Waals surface area contributed by atoms with Gasteiger partial charge in [0, 0.05) is 45.3 Å². The highest BCUT2D eigenvalue weighted by molar-refractivity contribution is 6.17. The zero-order chi connectivity index (χ0) is 18.0. The molecule has 6 nitrogen and oxygen atoms in total. The Balaban J connectivity index is 0.000000194. The molecule has 0 radical (unpaired) electrons. The number of hydrogen-bond donors (Lipinski definition) is 1. The number of nitrogens with one attached hydrogen (secondary N) is 1. The molecule has 0 aromatic heterocycles. The zero-order valence-electron chi connectivity index (χ0n) is 16.3. The highest BCUT2D eigenvalue weighted by atomic mass is 35.5. The number of rotatable bonds is 7. The molecule has 4 aliphatic rings. The molecular formula is C19H36Cl2N2O4. The van der Waals surface area contributed by atoms with Crippen LogP contribution in [0.25, 0.3) is 0 Å². The molecule has 0 bridgehead atoms. The Morgan fingerprint density at radius 3 is 1.93 bits per heavy atom. The van der Waals surface area contributed by atoms with Crippen molar-refractivity contribution in [3.8, 4) is 0 Å². The highest BCUT2D eigenvalue weighted by Crippen LogP contribution is 2.20. The van der Waals surface area contributed by atoms with Gasteiger partial charge in [0.25, 0.3) is 0 Å². The van der Waals surface area contributed by atoms with Gasteiger partial charge in [0.2, 0.25) is 0 Å². The lowest BCUT2D eigenvalue weighted by Crippen LogP contribution is -2.53. The zero-order valence-corrected chi connectivity index (χ0v) is 17.9. The van der Waals surface area contributed by atoms with Gasteiger partial charge in [0.05, 0.1) is 12.2 Å². The van der Waals surface area contributed by atoms with Crippen molar-refractivity contribution < 1.29 is 18.9 Å². The van der Waals surface area contributed by atoms with Gasteiger partial charge in [-0.2, -0.15) is 0 Å². The summed E-state index contributed by atoms with van der Waals surface area (Å²) in [4.78, 5) is 2.38. The first-order valence-electron chi connectivity index (χ1n) is 10.4. The van der Waals surface area contributed by atoms with Gasteiger partial charge in [0.1, 0.15) is 0 Å². The van der Waals surface area contributed by atoms with E-state index in [1.54, 1.807) is 0 Å². The third-order valence-electron chi connectivity index (χ3n) is 5.24. The minimum Gasteiger partial charge on any atom is -0.353 e. The summed E-state index contributed by atoms with van der Waals surface area (Å²) in [6.45, 7) is 6.96. The quantitative estimate of drug-likeness (QED) is 0.631. The minimum atomic E-state index is 0. The van der Waals surface area contributed by atoms with E-state index in [1.165, 1.54) is 25.7 Å². The van der Waals surface area contributed by atoms with Crippen molar-refractivity contribution in [2.24, 2.45) is 0 Å². The number of hydrogen-bond acceptors (Lipinski definition) is 6. The second kappa shape index (κ2) is 13.5. The number of alkyl halides is 1. The first kappa shape index (κ1) is 23.6. The summed E-state index contributed by atoms with van der Waals surface area (Å²) in [5.74, 6) is 0.758. The van der Waals surface area contributed by atoms with Crippen molar-refractivity contribution in [2.75, 3.05) is 51.8 Å². The molecule has 2 atom stereocenters. The number of likely N-dealkylation sites (tertiary alicyclic amines) is 1. The molecule has 4 rings (SSSR count). The van der Waals surface area contributed by atoms with Crippen molar-refractivity contribution in [2.45, 2.75) is 69.7 Å². The summed E-state index contributed by atoms with van der Waals surface area (Å²) < 4.78 is 22.5. The van der Waals surface area contributed by atoms with Crippen molar-refractivity contribution in [1.82, 2.24) is 10.2 Å². The van der Waals surface area contributed by atoms with Gasteiger partial charge in [-0.05, 0) is 51.5 Å². The van der Waals surface area contributed by atoms with Gasteiger partial charge in [-0.25, -0.2) is 0 Å². The lowest BCUT2D eigenvalue weighted by atomic mass is 10.1. The van der Waals surface area contributed by atoms with Crippen molar-refractivity contribution >= 4 is 24.0 Å². The van der Waals surface area contributed by atoms with E-state index in [9.17, 15) is 0 Å². The van der Waals surface area contributed by atoms with Crippen LogP contribution in [0.15, 0.2) is 0 Å². The molecule has 0 aromatic carbocycles. The predicted octanol–water partition coefficient (Wildman–Crippen LogP) is 2.77. The lowest BCUT2D eigenvalue weighted by molar-refractivity contribution is -0.213. The van der Waals surface area contributed by atoms with Crippen LogP contribution in [0.1, 0.15) is 44.9 Å². The first-order chi connectivity index (χ1) is 12.8. The van der Waals surface area contributed by atoms with Gasteiger partial charge in [0.15, 0.2) is 12.6 Å². The van der Waals surface area contributed by atoms with Gasteiger partial charge in [-0.1, -0.05) is 0 Å². The van der Waals surface area contributed by atoms with Crippen LogP contribution in [-0.2, 0) is 18.9 Å². The molecule has 27 heavy (non-hydrogen) atoms. The average molecular weight is 427 g/mol. The standard InChI is InChI=1S/C11H20ClNO2.C8H15NO2.ClH/c12-5-3-6-13-8-10(9-13)15-11-4-1-2-7-14-11;1-2-4-10-8(3-1)11-7-5-9-6-7;/h10-11H,1-9H2;7-9H,1-6H2;1H. The van der Waals surface area contributed by atoms with Gasteiger partial charge in [-0.3, -0.25) is 4.90 Å². The molecule has 2 unspecified atom stereocenters. The van der Waals surface area contributed by atoms with Gasteiger partial charge < -0.3 is 24.3 Å². The largest absolute Gasteiger partial charge is 0.353 e. The van der Waals surface area contributed by atoms with Crippen molar-refractivity contribution in [3.63, 3.8) is 0 Å². The second-order valence-electron chi connectivity index (χ2n) is 7.57. The molecule has 4 fully saturated rings. The predicted molar refractivity (Wildman–Crippen MR) is 109 cm³/mol. The van der Waals surface area contributed by atoms with E-state index in [0.717, 1.165) is 71.1 Å².